The minimum atomic E-state index is -0.877. The van der Waals surface area contributed by atoms with E-state index in [9.17, 15) is 9.90 Å². The average molecular weight is 301 g/mol. The molecule has 0 amide bonds. The highest BCUT2D eigenvalue weighted by atomic mass is 16.5. The van der Waals surface area contributed by atoms with Gasteiger partial charge in [0.05, 0.1) is 19.8 Å². The lowest BCUT2D eigenvalue weighted by Gasteiger charge is -2.30. The van der Waals surface area contributed by atoms with Gasteiger partial charge >= 0.3 is 5.97 Å². The second-order valence-corrected chi connectivity index (χ2v) is 5.98. The van der Waals surface area contributed by atoms with Crippen LogP contribution in [0, 0.1) is 5.92 Å². The lowest BCUT2D eigenvalue weighted by Crippen LogP contribution is -2.58. The quantitative estimate of drug-likeness (QED) is 0.495. The van der Waals surface area contributed by atoms with Crippen molar-refractivity contribution in [2.45, 2.75) is 43.7 Å². The molecular formula is C15H27NO5. The first-order valence-corrected chi connectivity index (χ1v) is 7.84. The van der Waals surface area contributed by atoms with Crippen LogP contribution in [0.15, 0.2) is 0 Å². The summed E-state index contributed by atoms with van der Waals surface area (Å²) in [6.07, 6.45) is 4.89. The fourth-order valence-corrected chi connectivity index (χ4v) is 2.48. The molecule has 0 aromatic heterocycles. The number of aliphatic carboxylic acids is 1. The molecule has 0 aromatic carbocycles. The van der Waals surface area contributed by atoms with Crippen molar-refractivity contribution in [3.8, 4) is 0 Å². The first-order chi connectivity index (χ1) is 10.2. The van der Waals surface area contributed by atoms with Crippen LogP contribution in [0.2, 0.25) is 0 Å². The molecule has 0 saturated heterocycles. The molecule has 0 spiro atoms. The van der Waals surface area contributed by atoms with Crippen molar-refractivity contribution in [3.05, 3.63) is 0 Å². The molecular weight excluding hydrogens is 274 g/mol. The van der Waals surface area contributed by atoms with E-state index >= 15 is 0 Å². The van der Waals surface area contributed by atoms with E-state index in [2.05, 4.69) is 5.32 Å². The Balaban J connectivity index is 1.66. The molecule has 21 heavy (non-hydrogen) atoms. The third-order valence-corrected chi connectivity index (χ3v) is 4.03. The normalized spacial score (nSPS) is 21.2. The number of carbonyl (C=O) groups is 1. The van der Waals surface area contributed by atoms with Gasteiger partial charge in [-0.15, -0.1) is 0 Å². The summed E-state index contributed by atoms with van der Waals surface area (Å²) in [5, 5.41) is 12.9. The highest BCUT2D eigenvalue weighted by Gasteiger charge is 2.53. The second-order valence-electron chi connectivity index (χ2n) is 5.98. The number of hydrogen-bond acceptors (Lipinski definition) is 5. The summed E-state index contributed by atoms with van der Waals surface area (Å²) < 4.78 is 15.9. The van der Waals surface area contributed by atoms with E-state index in [0.717, 1.165) is 32.1 Å². The van der Waals surface area contributed by atoms with Gasteiger partial charge in [0.15, 0.2) is 0 Å². The maximum Gasteiger partial charge on any atom is 0.326 e. The van der Waals surface area contributed by atoms with E-state index in [1.54, 1.807) is 7.11 Å². The molecule has 2 rings (SSSR count). The summed E-state index contributed by atoms with van der Waals surface area (Å²) >= 11 is 0. The third-order valence-electron chi connectivity index (χ3n) is 4.03. The van der Waals surface area contributed by atoms with Crippen molar-refractivity contribution in [2.75, 3.05) is 40.1 Å². The van der Waals surface area contributed by atoms with Crippen LogP contribution in [0.4, 0.5) is 0 Å². The third kappa shape index (κ3) is 5.21. The standard InChI is InChI=1S/C15H27NO5/c1-19-9-10-20-7-2-8-21-11-15(14(17)18,12-3-4-12)16-13-5-6-13/h12-13,16H,2-11H2,1H3,(H,17,18). The smallest absolute Gasteiger partial charge is 0.326 e. The van der Waals surface area contributed by atoms with Crippen LogP contribution in [-0.4, -0.2) is 62.8 Å². The molecule has 0 aliphatic heterocycles. The van der Waals surface area contributed by atoms with Crippen LogP contribution < -0.4 is 5.32 Å². The Hall–Kier alpha value is -0.690. The number of carboxylic acids is 1. The van der Waals surface area contributed by atoms with Crippen LogP contribution in [0.5, 0.6) is 0 Å². The number of carboxylic acid groups (broad SMARTS) is 1. The summed E-state index contributed by atoms with van der Waals surface area (Å²) in [6.45, 7) is 2.57. The topological polar surface area (TPSA) is 77.0 Å². The number of rotatable bonds is 13. The van der Waals surface area contributed by atoms with Crippen molar-refractivity contribution < 1.29 is 24.1 Å². The first-order valence-electron chi connectivity index (χ1n) is 7.84. The zero-order valence-electron chi connectivity index (χ0n) is 12.8. The molecule has 2 N–H and O–H groups in total. The lowest BCUT2D eigenvalue weighted by molar-refractivity contribution is -0.149. The first kappa shape index (κ1) is 16.7. The van der Waals surface area contributed by atoms with E-state index in [1.807, 2.05) is 0 Å². The van der Waals surface area contributed by atoms with Crippen LogP contribution in [-0.2, 0) is 19.0 Å². The predicted molar refractivity (Wildman–Crippen MR) is 77.4 cm³/mol. The molecule has 122 valence electrons. The number of methoxy groups -OCH3 is 1. The second kappa shape index (κ2) is 8.08. The van der Waals surface area contributed by atoms with Gasteiger partial charge in [-0.25, -0.2) is 0 Å². The molecule has 0 aromatic rings. The Kier molecular flexibility index (Phi) is 6.41. The van der Waals surface area contributed by atoms with Gasteiger partial charge in [0.1, 0.15) is 5.54 Å². The largest absolute Gasteiger partial charge is 0.480 e. The molecule has 1 unspecified atom stereocenters. The van der Waals surface area contributed by atoms with E-state index in [1.165, 1.54) is 0 Å². The Morgan fingerprint density at radius 1 is 1.14 bits per heavy atom. The molecule has 6 nitrogen and oxygen atoms in total. The number of ether oxygens (including phenoxy) is 3. The van der Waals surface area contributed by atoms with Crippen molar-refractivity contribution >= 4 is 5.97 Å². The van der Waals surface area contributed by atoms with Crippen LogP contribution in [0.3, 0.4) is 0 Å². The Labute approximate surface area is 126 Å². The minimum Gasteiger partial charge on any atom is -0.480 e. The monoisotopic (exact) mass is 301 g/mol. The molecule has 0 radical (unpaired) electrons. The van der Waals surface area contributed by atoms with Crippen molar-refractivity contribution in [1.29, 1.82) is 0 Å². The van der Waals surface area contributed by atoms with Crippen LogP contribution in [0.1, 0.15) is 32.1 Å². The predicted octanol–water partition coefficient (Wildman–Crippen LogP) is 1.04. The zero-order chi connectivity index (χ0) is 15.1. The maximum absolute atomic E-state index is 11.7. The van der Waals surface area contributed by atoms with Gasteiger partial charge in [0.2, 0.25) is 0 Å². The van der Waals surface area contributed by atoms with Crippen molar-refractivity contribution in [2.24, 2.45) is 5.92 Å². The van der Waals surface area contributed by atoms with Gasteiger partial charge in [-0.2, -0.15) is 0 Å². The summed E-state index contributed by atoms with van der Waals surface area (Å²) in [5.41, 5.74) is -0.877. The molecule has 2 fully saturated rings. The van der Waals surface area contributed by atoms with E-state index in [-0.39, 0.29) is 12.5 Å². The van der Waals surface area contributed by atoms with Gasteiger partial charge < -0.3 is 19.3 Å². The van der Waals surface area contributed by atoms with Gasteiger partial charge in [-0.1, -0.05) is 0 Å². The van der Waals surface area contributed by atoms with Crippen LogP contribution >= 0.6 is 0 Å². The fourth-order valence-electron chi connectivity index (χ4n) is 2.48. The number of nitrogens with one attached hydrogen (secondary N) is 1. The van der Waals surface area contributed by atoms with Gasteiger partial charge in [-0.3, -0.25) is 10.1 Å². The van der Waals surface area contributed by atoms with E-state index in [4.69, 9.17) is 14.2 Å². The SMILES string of the molecule is COCCOCCCOCC(NC1CC1)(C(=O)O)C1CC1. The van der Waals surface area contributed by atoms with Gasteiger partial charge in [0, 0.05) is 26.4 Å². The molecule has 2 saturated carbocycles. The molecule has 0 heterocycles. The van der Waals surface area contributed by atoms with E-state index in [0.29, 0.717) is 32.5 Å². The Morgan fingerprint density at radius 3 is 2.43 bits per heavy atom. The van der Waals surface area contributed by atoms with Gasteiger partial charge in [0.25, 0.3) is 0 Å². The molecule has 6 heteroatoms. The maximum atomic E-state index is 11.7. The highest BCUT2D eigenvalue weighted by Crippen LogP contribution is 2.42. The van der Waals surface area contributed by atoms with Crippen LogP contribution in [0.25, 0.3) is 0 Å². The zero-order valence-corrected chi connectivity index (χ0v) is 12.8. The van der Waals surface area contributed by atoms with Crippen molar-refractivity contribution in [1.82, 2.24) is 5.32 Å². The number of hydrogen-bond donors (Lipinski definition) is 2. The van der Waals surface area contributed by atoms with Crippen molar-refractivity contribution in [3.63, 3.8) is 0 Å². The summed E-state index contributed by atoms with van der Waals surface area (Å²) in [6, 6.07) is 0.364. The van der Waals surface area contributed by atoms with Gasteiger partial charge in [-0.05, 0) is 38.0 Å². The molecule has 2 aliphatic carbocycles. The average Bonchev–Trinajstić information content (AvgIpc) is 3.33. The molecule has 0 bridgehead atoms. The molecule has 1 atom stereocenters. The summed E-state index contributed by atoms with van der Waals surface area (Å²) in [4.78, 5) is 11.7. The Bertz CT molecular complexity index is 330. The highest BCUT2D eigenvalue weighted by molar-refractivity contribution is 5.80. The Morgan fingerprint density at radius 2 is 1.86 bits per heavy atom. The fraction of sp³-hybridized carbons (Fsp3) is 0.933. The minimum absolute atomic E-state index is 0.216. The van der Waals surface area contributed by atoms with E-state index < -0.39 is 11.5 Å². The summed E-state index contributed by atoms with van der Waals surface area (Å²) in [5.74, 6) is -0.554. The lowest BCUT2D eigenvalue weighted by atomic mass is 9.94. The summed E-state index contributed by atoms with van der Waals surface area (Å²) in [7, 11) is 1.64. The molecule has 2 aliphatic rings.